The smallest absolute Gasteiger partial charge is 0.119 e. The molecule has 112 valence electrons. The molecule has 0 aliphatic carbocycles. The zero-order valence-electron chi connectivity index (χ0n) is 12.6. The van der Waals surface area contributed by atoms with Gasteiger partial charge in [0.1, 0.15) is 12.4 Å². The first-order valence-corrected chi connectivity index (χ1v) is 7.72. The van der Waals surface area contributed by atoms with E-state index in [1.807, 2.05) is 18.3 Å². The summed E-state index contributed by atoms with van der Waals surface area (Å²) in [7, 11) is 0. The van der Waals surface area contributed by atoms with E-state index in [2.05, 4.69) is 40.2 Å². The van der Waals surface area contributed by atoms with E-state index in [0.29, 0.717) is 5.92 Å². The molecule has 2 heterocycles. The van der Waals surface area contributed by atoms with Crippen LogP contribution in [-0.4, -0.2) is 41.3 Å². The van der Waals surface area contributed by atoms with E-state index in [9.17, 15) is 0 Å². The molecule has 1 aromatic carbocycles. The lowest BCUT2D eigenvalue weighted by molar-refractivity contribution is 0.169. The van der Waals surface area contributed by atoms with Crippen LogP contribution in [-0.2, 0) is 0 Å². The number of hydrogen-bond acceptors (Lipinski definition) is 3. The molecule has 3 rings (SSSR count). The summed E-state index contributed by atoms with van der Waals surface area (Å²) in [5.74, 6) is 1.55. The van der Waals surface area contributed by atoms with Crippen LogP contribution in [0.1, 0.15) is 30.0 Å². The predicted octanol–water partition coefficient (Wildman–Crippen LogP) is 2.98. The summed E-state index contributed by atoms with van der Waals surface area (Å²) < 4.78 is 5.85. The van der Waals surface area contributed by atoms with Gasteiger partial charge in [-0.1, -0.05) is 12.1 Å². The molecule has 2 aromatic rings. The van der Waals surface area contributed by atoms with Gasteiger partial charge in [-0.05, 0) is 50.1 Å². The van der Waals surface area contributed by atoms with E-state index in [0.717, 1.165) is 25.4 Å². The zero-order valence-corrected chi connectivity index (χ0v) is 12.6. The first kappa shape index (κ1) is 14.1. The normalized spacial score (nSPS) is 19.6. The number of H-pyrrole nitrogens is 1. The third kappa shape index (κ3) is 3.85. The number of nitrogens with one attached hydrogen (secondary N) is 1. The molecule has 1 atom stereocenters. The van der Waals surface area contributed by atoms with Gasteiger partial charge in [0, 0.05) is 30.9 Å². The Bertz CT molecular complexity index is 553. The first-order valence-electron chi connectivity index (χ1n) is 7.72. The minimum atomic E-state index is 0.584. The standard InChI is InChI=1S/C17H23N3O/c1-14-4-2-6-16(12-14)21-11-10-20-9-3-5-15(13-20)17-7-8-18-19-17/h2,4,6-8,12,15H,3,5,9-11,13H2,1H3,(H,18,19). The second-order valence-corrected chi connectivity index (χ2v) is 5.82. The number of aromatic nitrogens is 2. The molecule has 4 heteroatoms. The van der Waals surface area contributed by atoms with E-state index in [4.69, 9.17) is 4.74 Å². The van der Waals surface area contributed by atoms with Crippen molar-refractivity contribution in [2.24, 2.45) is 0 Å². The zero-order chi connectivity index (χ0) is 14.5. The largest absolute Gasteiger partial charge is 0.492 e. The van der Waals surface area contributed by atoms with Crippen molar-refractivity contribution in [3.05, 3.63) is 47.8 Å². The maximum atomic E-state index is 5.85. The summed E-state index contributed by atoms with van der Waals surface area (Å²) in [6, 6.07) is 10.3. The van der Waals surface area contributed by atoms with Crippen molar-refractivity contribution in [1.82, 2.24) is 15.1 Å². The highest BCUT2D eigenvalue weighted by Gasteiger charge is 2.21. The fourth-order valence-electron chi connectivity index (χ4n) is 3.00. The van der Waals surface area contributed by atoms with Crippen molar-refractivity contribution in [2.45, 2.75) is 25.7 Å². The van der Waals surface area contributed by atoms with Gasteiger partial charge in [0.15, 0.2) is 0 Å². The lowest BCUT2D eigenvalue weighted by atomic mass is 9.95. The highest BCUT2D eigenvalue weighted by Crippen LogP contribution is 2.25. The molecule has 0 radical (unpaired) electrons. The number of aromatic amines is 1. The molecule has 0 spiro atoms. The molecule has 1 N–H and O–H groups in total. The summed E-state index contributed by atoms with van der Waals surface area (Å²) in [6.07, 6.45) is 4.33. The van der Waals surface area contributed by atoms with E-state index in [1.54, 1.807) is 0 Å². The number of piperidine rings is 1. The van der Waals surface area contributed by atoms with Crippen molar-refractivity contribution in [2.75, 3.05) is 26.2 Å². The topological polar surface area (TPSA) is 41.1 Å². The Hall–Kier alpha value is -1.81. The lowest BCUT2D eigenvalue weighted by Crippen LogP contribution is -2.37. The number of nitrogens with zero attached hydrogens (tertiary/aromatic N) is 2. The fraction of sp³-hybridized carbons (Fsp3) is 0.471. The predicted molar refractivity (Wildman–Crippen MR) is 83.7 cm³/mol. The van der Waals surface area contributed by atoms with Crippen LogP contribution < -0.4 is 4.74 Å². The molecular formula is C17H23N3O. The highest BCUT2D eigenvalue weighted by molar-refractivity contribution is 5.27. The Balaban J connectivity index is 1.47. The Morgan fingerprint density at radius 1 is 1.38 bits per heavy atom. The van der Waals surface area contributed by atoms with Crippen LogP contribution in [0, 0.1) is 6.92 Å². The van der Waals surface area contributed by atoms with E-state index >= 15 is 0 Å². The van der Waals surface area contributed by atoms with Crippen LogP contribution in [0.15, 0.2) is 36.5 Å². The second kappa shape index (κ2) is 6.76. The molecule has 1 aliphatic heterocycles. The molecule has 4 nitrogen and oxygen atoms in total. The molecule has 0 bridgehead atoms. The lowest BCUT2D eigenvalue weighted by Gasteiger charge is -2.32. The van der Waals surface area contributed by atoms with Gasteiger partial charge in [0.2, 0.25) is 0 Å². The molecule has 1 aromatic heterocycles. The number of likely N-dealkylation sites (tertiary alicyclic amines) is 1. The van der Waals surface area contributed by atoms with Gasteiger partial charge in [-0.15, -0.1) is 0 Å². The Kier molecular flexibility index (Phi) is 4.55. The maximum absolute atomic E-state index is 5.85. The van der Waals surface area contributed by atoms with E-state index < -0.39 is 0 Å². The minimum absolute atomic E-state index is 0.584. The maximum Gasteiger partial charge on any atom is 0.119 e. The number of hydrogen-bond donors (Lipinski definition) is 1. The van der Waals surface area contributed by atoms with Crippen LogP contribution in [0.5, 0.6) is 5.75 Å². The summed E-state index contributed by atoms with van der Waals surface area (Å²) >= 11 is 0. The average Bonchev–Trinajstić information content (AvgIpc) is 3.02. The number of benzene rings is 1. The molecule has 0 amide bonds. The van der Waals surface area contributed by atoms with Crippen LogP contribution >= 0.6 is 0 Å². The van der Waals surface area contributed by atoms with E-state index in [1.165, 1.54) is 30.6 Å². The fourth-order valence-corrected chi connectivity index (χ4v) is 3.00. The van der Waals surface area contributed by atoms with Crippen molar-refractivity contribution < 1.29 is 4.74 Å². The van der Waals surface area contributed by atoms with Crippen molar-refractivity contribution in [1.29, 1.82) is 0 Å². The Morgan fingerprint density at radius 2 is 2.33 bits per heavy atom. The molecule has 21 heavy (non-hydrogen) atoms. The molecule has 1 fully saturated rings. The van der Waals surface area contributed by atoms with Crippen molar-refractivity contribution in [3.8, 4) is 5.75 Å². The molecule has 1 aliphatic rings. The van der Waals surface area contributed by atoms with E-state index in [-0.39, 0.29) is 0 Å². The second-order valence-electron chi connectivity index (χ2n) is 5.82. The summed E-state index contributed by atoms with van der Waals surface area (Å²) in [6.45, 7) is 6.09. The monoisotopic (exact) mass is 285 g/mol. The van der Waals surface area contributed by atoms with Gasteiger partial charge < -0.3 is 4.74 Å². The summed E-state index contributed by atoms with van der Waals surface area (Å²) in [5.41, 5.74) is 2.50. The van der Waals surface area contributed by atoms with Gasteiger partial charge >= 0.3 is 0 Å². The third-order valence-corrected chi connectivity index (χ3v) is 4.13. The van der Waals surface area contributed by atoms with Crippen LogP contribution in [0.3, 0.4) is 0 Å². The number of ether oxygens (including phenoxy) is 1. The number of rotatable bonds is 5. The third-order valence-electron chi connectivity index (χ3n) is 4.13. The molecule has 0 saturated carbocycles. The highest BCUT2D eigenvalue weighted by atomic mass is 16.5. The first-order chi connectivity index (χ1) is 10.3. The van der Waals surface area contributed by atoms with Crippen LogP contribution in [0.4, 0.5) is 0 Å². The Labute approximate surface area is 126 Å². The van der Waals surface area contributed by atoms with Gasteiger partial charge in [-0.25, -0.2) is 0 Å². The van der Waals surface area contributed by atoms with Crippen LogP contribution in [0.25, 0.3) is 0 Å². The van der Waals surface area contributed by atoms with Gasteiger partial charge in [-0.2, -0.15) is 5.10 Å². The summed E-state index contributed by atoms with van der Waals surface area (Å²) in [5, 5.41) is 7.17. The molecular weight excluding hydrogens is 262 g/mol. The molecule has 1 saturated heterocycles. The van der Waals surface area contributed by atoms with Gasteiger partial charge in [0.25, 0.3) is 0 Å². The van der Waals surface area contributed by atoms with Crippen molar-refractivity contribution >= 4 is 0 Å². The minimum Gasteiger partial charge on any atom is -0.492 e. The van der Waals surface area contributed by atoms with Crippen molar-refractivity contribution in [3.63, 3.8) is 0 Å². The quantitative estimate of drug-likeness (QED) is 0.918. The number of aryl methyl sites for hydroxylation is 1. The molecule has 1 unspecified atom stereocenters. The Morgan fingerprint density at radius 3 is 3.14 bits per heavy atom. The SMILES string of the molecule is Cc1cccc(OCCN2CCCC(c3ccn[nH]3)C2)c1. The van der Waals surface area contributed by atoms with Gasteiger partial charge in [-0.3, -0.25) is 10.00 Å². The van der Waals surface area contributed by atoms with Crippen LogP contribution in [0.2, 0.25) is 0 Å². The summed E-state index contributed by atoms with van der Waals surface area (Å²) in [4.78, 5) is 2.49. The average molecular weight is 285 g/mol. The van der Waals surface area contributed by atoms with Gasteiger partial charge in [0.05, 0.1) is 0 Å².